The predicted octanol–water partition coefficient (Wildman–Crippen LogP) is 2.37. The molecular formula is C14H11FN2O4. The molecule has 0 spiro atoms. The van der Waals surface area contributed by atoms with Gasteiger partial charge in [-0.05, 0) is 23.8 Å². The molecule has 0 heterocycles. The van der Waals surface area contributed by atoms with Gasteiger partial charge < -0.3 is 10.4 Å². The zero-order valence-corrected chi connectivity index (χ0v) is 10.7. The Kier molecular flexibility index (Phi) is 4.13. The number of nitro benzene ring substituents is 1. The molecule has 0 bridgehead atoms. The predicted molar refractivity (Wildman–Crippen MR) is 72.3 cm³/mol. The summed E-state index contributed by atoms with van der Waals surface area (Å²) in [5, 5.41) is 22.9. The van der Waals surface area contributed by atoms with Gasteiger partial charge in [0.1, 0.15) is 5.82 Å². The number of aromatic hydroxyl groups is 1. The summed E-state index contributed by atoms with van der Waals surface area (Å²) in [5.74, 6) is -1.72. The van der Waals surface area contributed by atoms with Crippen LogP contribution in [0.25, 0.3) is 0 Å². The van der Waals surface area contributed by atoms with E-state index < -0.39 is 22.3 Å². The second-order valence-corrected chi connectivity index (χ2v) is 4.24. The van der Waals surface area contributed by atoms with Gasteiger partial charge in [-0.2, -0.15) is 0 Å². The summed E-state index contributed by atoms with van der Waals surface area (Å²) in [6.07, 6.45) is 0. The Bertz CT molecular complexity index is 686. The van der Waals surface area contributed by atoms with E-state index in [1.807, 2.05) is 0 Å². The van der Waals surface area contributed by atoms with Crippen LogP contribution in [0.2, 0.25) is 0 Å². The van der Waals surface area contributed by atoms with Crippen LogP contribution in [0.5, 0.6) is 5.75 Å². The van der Waals surface area contributed by atoms with Crippen molar-refractivity contribution in [3.8, 4) is 5.75 Å². The number of hydrogen-bond donors (Lipinski definition) is 2. The van der Waals surface area contributed by atoms with Crippen LogP contribution >= 0.6 is 0 Å². The van der Waals surface area contributed by atoms with Crippen molar-refractivity contribution >= 4 is 11.6 Å². The van der Waals surface area contributed by atoms with Crippen molar-refractivity contribution < 1.29 is 19.2 Å². The number of amides is 1. The zero-order chi connectivity index (χ0) is 15.4. The number of nitro groups is 1. The first-order valence-electron chi connectivity index (χ1n) is 5.98. The molecule has 0 saturated heterocycles. The number of halogens is 1. The standard InChI is InChI=1S/C14H11FN2O4/c15-10-6-4-9(5-7-10)8-16-14(19)11-2-1-3-12(13(11)18)17(20)21/h1-7,18H,8H2,(H,16,19). The molecule has 0 aliphatic rings. The first-order valence-corrected chi connectivity index (χ1v) is 5.98. The third-order valence-corrected chi connectivity index (χ3v) is 2.82. The van der Waals surface area contributed by atoms with Crippen molar-refractivity contribution in [3.05, 3.63) is 69.5 Å². The monoisotopic (exact) mass is 290 g/mol. The number of rotatable bonds is 4. The van der Waals surface area contributed by atoms with Gasteiger partial charge in [0.2, 0.25) is 5.75 Å². The van der Waals surface area contributed by atoms with Gasteiger partial charge in [-0.1, -0.05) is 18.2 Å². The van der Waals surface area contributed by atoms with Crippen LogP contribution in [-0.2, 0) is 6.54 Å². The molecule has 0 fully saturated rings. The fraction of sp³-hybridized carbons (Fsp3) is 0.0714. The van der Waals surface area contributed by atoms with E-state index in [0.29, 0.717) is 5.56 Å². The minimum atomic E-state index is -0.772. The van der Waals surface area contributed by atoms with Gasteiger partial charge >= 0.3 is 5.69 Å². The summed E-state index contributed by atoms with van der Waals surface area (Å²) >= 11 is 0. The van der Waals surface area contributed by atoms with E-state index in [4.69, 9.17) is 0 Å². The molecular weight excluding hydrogens is 279 g/mol. The van der Waals surface area contributed by atoms with Crippen molar-refractivity contribution in [2.75, 3.05) is 0 Å². The van der Waals surface area contributed by atoms with E-state index in [0.717, 1.165) is 6.07 Å². The van der Waals surface area contributed by atoms with Crippen LogP contribution in [0.1, 0.15) is 15.9 Å². The van der Waals surface area contributed by atoms with Gasteiger partial charge in [-0.3, -0.25) is 14.9 Å². The first kappa shape index (κ1) is 14.4. The van der Waals surface area contributed by atoms with E-state index in [-0.39, 0.29) is 17.9 Å². The molecule has 2 rings (SSSR count). The molecule has 1 amide bonds. The van der Waals surface area contributed by atoms with E-state index in [1.165, 1.54) is 36.4 Å². The highest BCUT2D eigenvalue weighted by molar-refractivity contribution is 5.98. The molecule has 6 nitrogen and oxygen atoms in total. The lowest BCUT2D eigenvalue weighted by atomic mass is 10.1. The Hall–Kier alpha value is -2.96. The lowest BCUT2D eigenvalue weighted by molar-refractivity contribution is -0.385. The molecule has 0 aromatic heterocycles. The highest BCUT2D eigenvalue weighted by atomic mass is 19.1. The van der Waals surface area contributed by atoms with Crippen LogP contribution in [0.15, 0.2) is 42.5 Å². The van der Waals surface area contributed by atoms with E-state index in [9.17, 15) is 24.4 Å². The van der Waals surface area contributed by atoms with Crippen molar-refractivity contribution in [2.24, 2.45) is 0 Å². The first-order chi connectivity index (χ1) is 9.99. The molecule has 2 aromatic rings. The normalized spacial score (nSPS) is 10.1. The second kappa shape index (κ2) is 6.00. The Morgan fingerprint density at radius 1 is 1.24 bits per heavy atom. The van der Waals surface area contributed by atoms with Crippen molar-refractivity contribution in [2.45, 2.75) is 6.54 Å². The number of hydrogen-bond acceptors (Lipinski definition) is 4. The molecule has 0 saturated carbocycles. The molecule has 0 aliphatic heterocycles. The quantitative estimate of drug-likeness (QED) is 0.668. The maximum atomic E-state index is 12.7. The summed E-state index contributed by atoms with van der Waals surface area (Å²) in [7, 11) is 0. The Morgan fingerprint density at radius 2 is 1.90 bits per heavy atom. The maximum Gasteiger partial charge on any atom is 0.311 e. The topological polar surface area (TPSA) is 92.5 Å². The number of nitrogens with one attached hydrogen (secondary N) is 1. The van der Waals surface area contributed by atoms with Crippen LogP contribution in [0.3, 0.4) is 0 Å². The second-order valence-electron chi connectivity index (χ2n) is 4.24. The summed E-state index contributed by atoms with van der Waals surface area (Å²) in [4.78, 5) is 21.8. The molecule has 108 valence electrons. The maximum absolute atomic E-state index is 12.7. The third-order valence-electron chi connectivity index (χ3n) is 2.82. The van der Waals surface area contributed by atoms with Gasteiger partial charge in [0, 0.05) is 12.6 Å². The van der Waals surface area contributed by atoms with E-state index >= 15 is 0 Å². The summed E-state index contributed by atoms with van der Waals surface area (Å²) in [6, 6.07) is 9.21. The Balaban J connectivity index is 2.12. The number of phenolic OH excluding ortho intramolecular Hbond substituents is 1. The number of nitrogens with zero attached hydrogens (tertiary/aromatic N) is 1. The number of phenols is 1. The molecule has 0 unspecified atom stereocenters. The number of para-hydroxylation sites is 1. The van der Waals surface area contributed by atoms with Gasteiger partial charge in [-0.15, -0.1) is 0 Å². The Labute approximate surface area is 119 Å². The fourth-order valence-corrected chi connectivity index (χ4v) is 1.74. The number of carbonyl (C=O) groups excluding carboxylic acids is 1. The van der Waals surface area contributed by atoms with Crippen LogP contribution < -0.4 is 5.32 Å². The van der Waals surface area contributed by atoms with Gasteiger partial charge in [0.25, 0.3) is 5.91 Å². The molecule has 0 radical (unpaired) electrons. The molecule has 7 heteroatoms. The SMILES string of the molecule is O=C(NCc1ccc(F)cc1)c1cccc([N+](=O)[O-])c1O. The van der Waals surface area contributed by atoms with Crippen LogP contribution in [0, 0.1) is 15.9 Å². The highest BCUT2D eigenvalue weighted by Gasteiger charge is 2.20. The van der Waals surface area contributed by atoms with E-state index in [2.05, 4.69) is 5.32 Å². The molecule has 0 atom stereocenters. The molecule has 0 aliphatic carbocycles. The average molecular weight is 290 g/mol. The number of benzene rings is 2. The van der Waals surface area contributed by atoms with E-state index in [1.54, 1.807) is 0 Å². The van der Waals surface area contributed by atoms with Gasteiger partial charge in [0.05, 0.1) is 10.5 Å². The summed E-state index contributed by atoms with van der Waals surface area (Å²) < 4.78 is 12.7. The lowest BCUT2D eigenvalue weighted by Gasteiger charge is -2.07. The van der Waals surface area contributed by atoms with Crippen molar-refractivity contribution in [3.63, 3.8) is 0 Å². The lowest BCUT2D eigenvalue weighted by Crippen LogP contribution is -2.23. The molecule has 21 heavy (non-hydrogen) atoms. The zero-order valence-electron chi connectivity index (χ0n) is 10.7. The molecule has 2 aromatic carbocycles. The minimum absolute atomic E-state index is 0.112. The number of carbonyl (C=O) groups is 1. The summed E-state index contributed by atoms with van der Waals surface area (Å²) in [6.45, 7) is 0.112. The van der Waals surface area contributed by atoms with Crippen LogP contribution in [0.4, 0.5) is 10.1 Å². The smallest absolute Gasteiger partial charge is 0.311 e. The summed E-state index contributed by atoms with van der Waals surface area (Å²) in [5.41, 5.74) is -0.0644. The third kappa shape index (κ3) is 3.33. The van der Waals surface area contributed by atoms with Crippen molar-refractivity contribution in [1.29, 1.82) is 0 Å². The fourth-order valence-electron chi connectivity index (χ4n) is 1.74. The molecule has 2 N–H and O–H groups in total. The average Bonchev–Trinajstić information content (AvgIpc) is 2.46. The highest BCUT2D eigenvalue weighted by Crippen LogP contribution is 2.29. The Morgan fingerprint density at radius 3 is 2.52 bits per heavy atom. The van der Waals surface area contributed by atoms with Crippen LogP contribution in [-0.4, -0.2) is 15.9 Å². The minimum Gasteiger partial charge on any atom is -0.502 e. The largest absolute Gasteiger partial charge is 0.502 e. The van der Waals surface area contributed by atoms with Gasteiger partial charge in [-0.25, -0.2) is 4.39 Å². The van der Waals surface area contributed by atoms with Gasteiger partial charge in [0.15, 0.2) is 0 Å². The van der Waals surface area contributed by atoms with Crippen molar-refractivity contribution in [1.82, 2.24) is 5.32 Å².